The molecule has 20 heavy (non-hydrogen) atoms. The van der Waals surface area contributed by atoms with Crippen LogP contribution in [0.25, 0.3) is 11.0 Å². The molecule has 1 aliphatic heterocycles. The van der Waals surface area contributed by atoms with Gasteiger partial charge in [0.05, 0.1) is 13.0 Å². The smallest absolute Gasteiger partial charge is 0.252 e. The van der Waals surface area contributed by atoms with Gasteiger partial charge in [-0.25, -0.2) is 9.45 Å². The van der Waals surface area contributed by atoms with Gasteiger partial charge in [0, 0.05) is 11.9 Å². The second-order valence-electron chi connectivity index (χ2n) is 4.84. The van der Waals surface area contributed by atoms with Gasteiger partial charge in [0.15, 0.2) is 5.58 Å². The van der Waals surface area contributed by atoms with E-state index in [0.717, 1.165) is 19.3 Å². The number of nitrogens with zero attached hydrogens (tertiary/aromatic N) is 2. The fraction of sp³-hybridized carbons (Fsp3) is 0.429. The van der Waals surface area contributed by atoms with Crippen LogP contribution in [-0.2, 0) is 16.1 Å². The first-order valence-corrected chi connectivity index (χ1v) is 6.71. The Morgan fingerprint density at radius 2 is 2.25 bits per heavy atom. The number of halogens is 1. The molecule has 1 aromatic heterocycles. The Labute approximate surface area is 115 Å². The molecule has 1 aliphatic rings. The van der Waals surface area contributed by atoms with Crippen molar-refractivity contribution in [3.8, 4) is 0 Å². The van der Waals surface area contributed by atoms with Crippen molar-refractivity contribution in [2.75, 3.05) is 13.2 Å². The summed E-state index contributed by atoms with van der Waals surface area (Å²) < 4.78 is 18.3. The Hall–Kier alpha value is -1.95. The minimum Gasteiger partial charge on any atom is -0.356 e. The van der Waals surface area contributed by atoms with Crippen molar-refractivity contribution in [3.63, 3.8) is 0 Å². The van der Waals surface area contributed by atoms with Crippen molar-refractivity contribution in [1.29, 1.82) is 0 Å². The van der Waals surface area contributed by atoms with E-state index >= 15 is 0 Å². The van der Waals surface area contributed by atoms with Crippen LogP contribution in [0.3, 0.4) is 0 Å². The van der Waals surface area contributed by atoms with Gasteiger partial charge in [-0.15, -0.1) is 0 Å². The largest absolute Gasteiger partial charge is 0.356 e. The van der Waals surface area contributed by atoms with Gasteiger partial charge in [-0.05, 0) is 37.5 Å². The van der Waals surface area contributed by atoms with Crippen molar-refractivity contribution < 1.29 is 18.5 Å². The van der Waals surface area contributed by atoms with Crippen LogP contribution < -0.4 is 0 Å². The molecule has 1 fully saturated rings. The molecule has 1 amide bonds. The van der Waals surface area contributed by atoms with Crippen LogP contribution in [0, 0.1) is 5.82 Å². The summed E-state index contributed by atoms with van der Waals surface area (Å²) in [5.74, 6) is -0.549. The van der Waals surface area contributed by atoms with Gasteiger partial charge >= 0.3 is 0 Å². The van der Waals surface area contributed by atoms with Crippen LogP contribution >= 0.6 is 0 Å². The Morgan fingerprint density at radius 3 is 3.15 bits per heavy atom. The molecule has 0 spiro atoms. The number of amides is 1. The number of hydrogen-bond acceptors (Lipinski definition) is 4. The first kappa shape index (κ1) is 13.1. The predicted molar refractivity (Wildman–Crippen MR) is 69.2 cm³/mol. The molecule has 1 aromatic carbocycles. The van der Waals surface area contributed by atoms with Gasteiger partial charge in [-0.2, -0.15) is 0 Å². The summed E-state index contributed by atoms with van der Waals surface area (Å²) in [4.78, 5) is 17.6. The molecule has 106 valence electrons. The lowest BCUT2D eigenvalue weighted by Crippen LogP contribution is -2.32. The maximum atomic E-state index is 13.3. The fourth-order valence-electron chi connectivity index (χ4n) is 2.29. The molecule has 0 unspecified atom stereocenters. The lowest BCUT2D eigenvalue weighted by molar-refractivity contribution is -0.182. The average molecular weight is 278 g/mol. The highest BCUT2D eigenvalue weighted by atomic mass is 19.1. The quantitative estimate of drug-likeness (QED) is 0.846. The number of fused-ring (bicyclic) bond motifs is 1. The third-order valence-electron chi connectivity index (χ3n) is 3.36. The van der Waals surface area contributed by atoms with Gasteiger partial charge in [0.2, 0.25) is 0 Å². The molecule has 0 saturated carbocycles. The summed E-state index contributed by atoms with van der Waals surface area (Å²) in [6.07, 6.45) is 3.00. The summed E-state index contributed by atoms with van der Waals surface area (Å²) in [6, 6.07) is 4.14. The highest BCUT2D eigenvalue weighted by molar-refractivity contribution is 5.85. The summed E-state index contributed by atoms with van der Waals surface area (Å²) in [6.45, 7) is 1.14. The lowest BCUT2D eigenvalue weighted by atomic mass is 10.1. The minimum absolute atomic E-state index is 0.0520. The predicted octanol–water partition coefficient (Wildman–Crippen LogP) is 2.45. The Morgan fingerprint density at radius 1 is 1.35 bits per heavy atom. The van der Waals surface area contributed by atoms with Crippen LogP contribution in [0.4, 0.5) is 4.39 Å². The summed E-state index contributed by atoms with van der Waals surface area (Å²) in [5.41, 5.74) is 0.920. The Bertz CT molecular complexity index is 618. The minimum atomic E-state index is -0.375. The normalized spacial score (nSPS) is 16.4. The number of hydroxylamine groups is 2. The molecule has 0 N–H and O–H groups in total. The van der Waals surface area contributed by atoms with Gasteiger partial charge in [-0.1, -0.05) is 5.16 Å². The molecule has 5 nitrogen and oxygen atoms in total. The second-order valence-corrected chi connectivity index (χ2v) is 4.84. The molecule has 3 rings (SSSR count). The number of rotatable bonds is 2. The van der Waals surface area contributed by atoms with Crippen LogP contribution in [0.1, 0.15) is 25.0 Å². The van der Waals surface area contributed by atoms with Crippen molar-refractivity contribution in [1.82, 2.24) is 10.2 Å². The summed E-state index contributed by atoms with van der Waals surface area (Å²) in [5, 5.41) is 5.77. The zero-order valence-corrected chi connectivity index (χ0v) is 11.0. The molecule has 0 bridgehead atoms. The van der Waals surface area contributed by atoms with Gasteiger partial charge in [0.25, 0.3) is 5.91 Å². The number of benzene rings is 1. The van der Waals surface area contributed by atoms with Gasteiger partial charge in [-0.3, -0.25) is 9.63 Å². The number of carbonyl (C=O) groups is 1. The first-order valence-electron chi connectivity index (χ1n) is 6.71. The second kappa shape index (κ2) is 5.58. The van der Waals surface area contributed by atoms with Crippen molar-refractivity contribution in [3.05, 3.63) is 29.7 Å². The molecular formula is C14H15FN2O3. The SMILES string of the molecule is O=C(Cc1noc2ccc(F)cc12)N1CCCCCO1. The van der Waals surface area contributed by atoms with E-state index in [9.17, 15) is 9.18 Å². The van der Waals surface area contributed by atoms with E-state index in [-0.39, 0.29) is 18.1 Å². The third-order valence-corrected chi connectivity index (χ3v) is 3.36. The van der Waals surface area contributed by atoms with Crippen LogP contribution in [0.5, 0.6) is 0 Å². The van der Waals surface area contributed by atoms with E-state index in [1.165, 1.54) is 23.3 Å². The van der Waals surface area contributed by atoms with E-state index < -0.39 is 0 Å². The molecule has 0 aliphatic carbocycles. The van der Waals surface area contributed by atoms with E-state index in [2.05, 4.69) is 5.16 Å². The average Bonchev–Trinajstić information content (AvgIpc) is 2.67. The Balaban J connectivity index is 1.78. The lowest BCUT2D eigenvalue weighted by Gasteiger charge is -2.18. The van der Waals surface area contributed by atoms with Gasteiger partial charge in [0.1, 0.15) is 11.5 Å². The van der Waals surface area contributed by atoms with E-state index in [4.69, 9.17) is 9.36 Å². The third kappa shape index (κ3) is 2.65. The monoisotopic (exact) mass is 278 g/mol. The number of carbonyl (C=O) groups excluding carboxylic acids is 1. The Kier molecular flexibility index (Phi) is 3.64. The van der Waals surface area contributed by atoms with Gasteiger partial charge < -0.3 is 4.52 Å². The van der Waals surface area contributed by atoms with Crippen molar-refractivity contribution >= 4 is 16.9 Å². The topological polar surface area (TPSA) is 55.6 Å². The van der Waals surface area contributed by atoms with Crippen molar-refractivity contribution in [2.45, 2.75) is 25.7 Å². The van der Waals surface area contributed by atoms with E-state index in [1.807, 2.05) is 0 Å². The first-order chi connectivity index (χ1) is 9.74. The molecule has 6 heteroatoms. The van der Waals surface area contributed by atoms with Crippen molar-refractivity contribution in [2.24, 2.45) is 0 Å². The number of aromatic nitrogens is 1. The standard InChI is InChI=1S/C14H15FN2O3/c15-10-4-5-13-11(8-10)12(16-20-13)9-14(18)17-6-2-1-3-7-19-17/h4-5,8H,1-3,6-7,9H2. The van der Waals surface area contributed by atoms with Crippen LogP contribution in [0.2, 0.25) is 0 Å². The zero-order chi connectivity index (χ0) is 13.9. The van der Waals surface area contributed by atoms with E-state index in [0.29, 0.717) is 29.8 Å². The molecule has 2 heterocycles. The van der Waals surface area contributed by atoms with Crippen LogP contribution in [0.15, 0.2) is 22.7 Å². The molecule has 0 atom stereocenters. The molecule has 0 radical (unpaired) electrons. The van der Waals surface area contributed by atoms with E-state index in [1.54, 1.807) is 0 Å². The molecule has 1 saturated heterocycles. The molecular weight excluding hydrogens is 263 g/mol. The highest BCUT2D eigenvalue weighted by Crippen LogP contribution is 2.20. The summed E-state index contributed by atoms with van der Waals surface area (Å²) in [7, 11) is 0. The highest BCUT2D eigenvalue weighted by Gasteiger charge is 2.20. The summed E-state index contributed by atoms with van der Waals surface area (Å²) >= 11 is 0. The molecule has 2 aromatic rings. The van der Waals surface area contributed by atoms with Crippen LogP contribution in [-0.4, -0.2) is 29.3 Å². The maximum Gasteiger partial charge on any atom is 0.252 e. The zero-order valence-electron chi connectivity index (χ0n) is 11.0. The fourth-order valence-corrected chi connectivity index (χ4v) is 2.29. The number of hydrogen-bond donors (Lipinski definition) is 0. The maximum absolute atomic E-state index is 13.3.